The van der Waals surface area contributed by atoms with Crippen molar-refractivity contribution in [2.45, 2.75) is 131 Å². The highest BCUT2D eigenvalue weighted by Crippen LogP contribution is 2.55. The molecule has 0 fully saturated rings. The number of hydrogen-bond acceptors (Lipinski definition) is 1. The van der Waals surface area contributed by atoms with Crippen LogP contribution in [0.5, 0.6) is 0 Å². The van der Waals surface area contributed by atoms with Gasteiger partial charge in [0.05, 0.1) is 0 Å². The molecule has 0 radical (unpaired) electrons. The molecule has 0 saturated carbocycles. The molecule has 192 valence electrons. The van der Waals surface area contributed by atoms with Gasteiger partial charge in [-0.2, -0.15) is 0 Å². The molecule has 0 aliphatic heterocycles. The average Bonchev–Trinajstić information content (AvgIpc) is 2.42. The lowest BCUT2D eigenvalue weighted by molar-refractivity contribution is 0.918. The summed E-state index contributed by atoms with van der Waals surface area (Å²) in [6.07, 6.45) is 0. The molecule has 0 saturated heterocycles. The standard InChI is InChI=1S/C26H58SSi6/c1-28(2,3)25(29(4,5)6,30(7,8)9)22-20-19-21-23(24(22)27)26(31(10,11)12,32(13,14)15)33(16,17)18/h19-21,27H,1-18H3. The van der Waals surface area contributed by atoms with Crippen molar-refractivity contribution in [1.29, 1.82) is 0 Å². The van der Waals surface area contributed by atoms with Gasteiger partial charge in [0.15, 0.2) is 0 Å². The van der Waals surface area contributed by atoms with Gasteiger partial charge in [-0.05, 0) is 19.7 Å². The van der Waals surface area contributed by atoms with Crippen molar-refractivity contribution in [1.82, 2.24) is 0 Å². The molecule has 0 heterocycles. The Morgan fingerprint density at radius 2 is 0.606 bits per heavy atom. The van der Waals surface area contributed by atoms with E-state index in [2.05, 4.69) is 136 Å². The SMILES string of the molecule is C[Si](C)(C)C(c1cccc(C([Si](C)(C)C)([Si](C)(C)C)[Si](C)(C)C)c1S)([Si](C)(C)C)[Si](C)(C)C. The van der Waals surface area contributed by atoms with Gasteiger partial charge in [-0.15, -0.1) is 12.6 Å². The van der Waals surface area contributed by atoms with Crippen LogP contribution in [0.25, 0.3) is 0 Å². The molecule has 0 aromatic heterocycles. The van der Waals surface area contributed by atoms with Crippen LogP contribution in [0.15, 0.2) is 23.1 Å². The van der Waals surface area contributed by atoms with E-state index in [9.17, 15) is 0 Å². The fourth-order valence-electron chi connectivity index (χ4n) is 10.3. The first kappa shape index (κ1) is 31.9. The molecule has 1 rings (SSSR count). The first-order valence-corrected chi connectivity index (χ1v) is 34.4. The largest absolute Gasteiger partial charge is 0.143 e. The Kier molecular flexibility index (Phi) is 8.71. The summed E-state index contributed by atoms with van der Waals surface area (Å²) >= 11 is 5.62. The van der Waals surface area contributed by atoms with Crippen LogP contribution in [0, 0.1) is 0 Å². The van der Waals surface area contributed by atoms with Crippen molar-refractivity contribution in [3.63, 3.8) is 0 Å². The molecule has 7 heteroatoms. The highest BCUT2D eigenvalue weighted by Gasteiger charge is 2.64. The van der Waals surface area contributed by atoms with Crippen LogP contribution in [0.1, 0.15) is 11.1 Å². The summed E-state index contributed by atoms with van der Waals surface area (Å²) in [6.45, 7) is 47.9. The zero-order valence-electron chi connectivity index (χ0n) is 25.7. The van der Waals surface area contributed by atoms with Gasteiger partial charge in [0.1, 0.15) is 0 Å². The molecule has 1 aromatic carbocycles. The van der Waals surface area contributed by atoms with E-state index >= 15 is 0 Å². The van der Waals surface area contributed by atoms with Gasteiger partial charge in [-0.3, -0.25) is 0 Å². The molecule has 0 unspecified atom stereocenters. The molecular formula is C26H58SSi6. The quantitative estimate of drug-likeness (QED) is 0.233. The summed E-state index contributed by atoms with van der Waals surface area (Å²) in [5.41, 5.74) is 3.31. The normalized spacial score (nSPS) is 15.7. The van der Waals surface area contributed by atoms with E-state index in [1.807, 2.05) is 0 Å². The summed E-state index contributed by atoms with van der Waals surface area (Å²) in [7, 11) is -9.55. The second-order valence-corrected chi connectivity index (χ2v) is 51.6. The second-order valence-electron chi connectivity index (χ2n) is 16.7. The molecule has 0 spiro atoms. The summed E-state index contributed by atoms with van der Waals surface area (Å²) in [5.74, 6) is 0. The zero-order chi connectivity index (χ0) is 26.9. The van der Waals surface area contributed by atoms with Crippen LogP contribution >= 0.6 is 12.6 Å². The Balaban J connectivity index is 4.49. The maximum Gasteiger partial charge on any atom is 0.0500 e. The van der Waals surface area contributed by atoms with Crippen molar-refractivity contribution < 1.29 is 0 Å². The molecule has 0 bridgehead atoms. The van der Waals surface area contributed by atoms with Gasteiger partial charge < -0.3 is 0 Å². The minimum Gasteiger partial charge on any atom is -0.143 e. The van der Waals surface area contributed by atoms with Crippen molar-refractivity contribution in [3.8, 4) is 0 Å². The molecule has 0 amide bonds. The van der Waals surface area contributed by atoms with Crippen LogP contribution in [-0.2, 0) is 8.57 Å². The van der Waals surface area contributed by atoms with Gasteiger partial charge in [0.2, 0.25) is 0 Å². The van der Waals surface area contributed by atoms with Crippen molar-refractivity contribution in [3.05, 3.63) is 29.3 Å². The first-order valence-electron chi connectivity index (χ1n) is 13.0. The van der Waals surface area contributed by atoms with Gasteiger partial charge >= 0.3 is 0 Å². The number of thiol groups is 1. The van der Waals surface area contributed by atoms with Gasteiger partial charge in [0.25, 0.3) is 0 Å². The molecule has 0 atom stereocenters. The fraction of sp³-hybridized carbons (Fsp3) is 0.769. The van der Waals surface area contributed by atoms with E-state index in [1.165, 1.54) is 4.90 Å². The van der Waals surface area contributed by atoms with E-state index in [-0.39, 0.29) is 0 Å². The minimum absolute atomic E-state index is 0.365. The Labute approximate surface area is 220 Å². The lowest BCUT2D eigenvalue weighted by Gasteiger charge is -2.62. The number of rotatable bonds is 8. The maximum absolute atomic E-state index is 5.62. The lowest BCUT2D eigenvalue weighted by Crippen LogP contribution is -2.76. The van der Waals surface area contributed by atoms with E-state index in [0.29, 0.717) is 8.57 Å². The van der Waals surface area contributed by atoms with Crippen LogP contribution in [-0.4, -0.2) is 48.4 Å². The first-order chi connectivity index (χ1) is 14.1. The molecule has 33 heavy (non-hydrogen) atoms. The van der Waals surface area contributed by atoms with Crippen LogP contribution in [0.2, 0.25) is 118 Å². The third-order valence-electron chi connectivity index (χ3n) is 8.59. The second kappa shape index (κ2) is 9.01. The molecule has 0 nitrogen and oxygen atoms in total. The van der Waals surface area contributed by atoms with E-state index in [1.54, 1.807) is 11.1 Å². The average molecular weight is 571 g/mol. The zero-order valence-corrected chi connectivity index (χ0v) is 32.6. The summed E-state index contributed by atoms with van der Waals surface area (Å²) in [5, 5.41) is 0. The van der Waals surface area contributed by atoms with E-state index < -0.39 is 48.4 Å². The smallest absolute Gasteiger partial charge is 0.0500 e. The number of hydrogen-bond donors (Lipinski definition) is 1. The fourth-order valence-corrected chi connectivity index (χ4v) is 71.5. The van der Waals surface area contributed by atoms with Crippen molar-refractivity contribution >= 4 is 61.1 Å². The van der Waals surface area contributed by atoms with E-state index in [0.717, 1.165) is 0 Å². The Morgan fingerprint density at radius 1 is 0.424 bits per heavy atom. The Morgan fingerprint density at radius 3 is 0.758 bits per heavy atom. The highest BCUT2D eigenvalue weighted by atomic mass is 32.1. The van der Waals surface area contributed by atoms with Gasteiger partial charge in [-0.1, -0.05) is 136 Å². The van der Waals surface area contributed by atoms with Crippen molar-refractivity contribution in [2.75, 3.05) is 0 Å². The lowest BCUT2D eigenvalue weighted by atomic mass is 10.1. The summed E-state index contributed by atoms with van der Waals surface area (Å²) in [6, 6.07) is 7.52. The molecule has 1 aromatic rings. The van der Waals surface area contributed by atoms with Crippen LogP contribution in [0.3, 0.4) is 0 Å². The predicted octanol–water partition coefficient (Wildman–Crippen LogP) is 9.72. The third-order valence-corrected chi connectivity index (χ3v) is 51.2. The van der Waals surface area contributed by atoms with Gasteiger partial charge in [-0.25, -0.2) is 0 Å². The molecule has 0 N–H and O–H groups in total. The minimum atomic E-state index is -1.59. The number of benzene rings is 1. The molecule has 0 aliphatic carbocycles. The van der Waals surface area contributed by atoms with Gasteiger partial charge in [0, 0.05) is 53.3 Å². The van der Waals surface area contributed by atoms with Crippen LogP contribution < -0.4 is 0 Å². The Bertz CT molecular complexity index is 709. The van der Waals surface area contributed by atoms with E-state index in [4.69, 9.17) is 12.6 Å². The predicted molar refractivity (Wildman–Crippen MR) is 177 cm³/mol. The molecule has 0 aliphatic rings. The topological polar surface area (TPSA) is 0 Å². The molecular weight excluding hydrogens is 513 g/mol. The third kappa shape index (κ3) is 4.79. The maximum atomic E-state index is 5.62. The van der Waals surface area contributed by atoms with Crippen LogP contribution in [0.4, 0.5) is 0 Å². The summed E-state index contributed by atoms with van der Waals surface area (Å²) in [4.78, 5) is 1.40. The van der Waals surface area contributed by atoms with Crippen molar-refractivity contribution in [2.24, 2.45) is 0 Å². The Hall–Kier alpha value is 0.871. The summed E-state index contributed by atoms with van der Waals surface area (Å²) < 4.78 is 0.730. The monoisotopic (exact) mass is 570 g/mol. The highest BCUT2D eigenvalue weighted by molar-refractivity contribution is 7.80.